The van der Waals surface area contributed by atoms with E-state index in [1.54, 1.807) is 61.4 Å². The predicted octanol–water partition coefficient (Wildman–Crippen LogP) is 7.50. The zero-order chi connectivity index (χ0) is 56.2. The highest BCUT2D eigenvalue weighted by Crippen LogP contribution is 2.66. The number of cyclic esters (lactones) is 1. The van der Waals surface area contributed by atoms with Crippen LogP contribution in [0, 0.1) is 23.7 Å². The summed E-state index contributed by atoms with van der Waals surface area (Å²) in [7, 11) is 5.39. The summed E-state index contributed by atoms with van der Waals surface area (Å²) < 4.78 is 33.8. The molecule has 4 aliphatic rings. The number of esters is 3. The Morgan fingerprint density at radius 2 is 1.38 bits per heavy atom. The highest BCUT2D eigenvalue weighted by molar-refractivity contribution is 6.24. The molecule has 17 nitrogen and oxygen atoms in total. The van der Waals surface area contributed by atoms with Gasteiger partial charge in [0.25, 0.3) is 0 Å². The number of imide groups is 1. The van der Waals surface area contributed by atoms with Crippen LogP contribution in [0.5, 0.6) is 17.2 Å². The molecule has 1 spiro atoms. The van der Waals surface area contributed by atoms with Gasteiger partial charge < -0.3 is 43.7 Å². The molecule has 4 amide bonds. The van der Waals surface area contributed by atoms with E-state index in [-0.39, 0.29) is 44.0 Å². The Kier molecular flexibility index (Phi) is 15.7. The number of morpholine rings is 1. The van der Waals surface area contributed by atoms with E-state index in [2.05, 4.69) is 17.2 Å². The lowest BCUT2D eigenvalue weighted by molar-refractivity contribution is -0.179. The first-order chi connectivity index (χ1) is 38.9. The molecule has 10 rings (SSSR count). The number of hydrogen-bond acceptors (Lipinski definition) is 14. The molecule has 17 heteroatoms. The molecule has 0 aliphatic carbocycles. The number of ether oxygens (including phenoxy) is 6. The minimum atomic E-state index is -2.15. The molecule has 6 aromatic rings. The number of benzene rings is 6. The number of hydrogen-bond donors (Lipinski definition) is 2. The second kappa shape index (κ2) is 23.2. The SMILES string of the molecule is COC(=O)C(CC#Cc1ccc2c(c1)[C@]1(C(=O)N2C(=O)N[C@H](C)c2ccccc2)[C@H](c2ccc(OCCO)cc2)N2[C@H](c3ccccc3)[C@H](c3ccccc3)OC(=O)[C@H]2[C@@H]1C(=O)N1CCc2cc(OC)c(OC)cc2C1)C(=O)OC. The van der Waals surface area contributed by atoms with E-state index in [0.717, 1.165) is 35.8 Å². The summed E-state index contributed by atoms with van der Waals surface area (Å²) in [5.41, 5.74) is 2.80. The van der Waals surface area contributed by atoms with Gasteiger partial charge in [-0.2, -0.15) is 0 Å². The van der Waals surface area contributed by atoms with E-state index >= 15 is 19.2 Å². The third-order valence-electron chi connectivity index (χ3n) is 15.7. The summed E-state index contributed by atoms with van der Waals surface area (Å²) in [4.78, 5) is 95.3. The number of aliphatic hydroxyl groups is 1. The van der Waals surface area contributed by atoms with Gasteiger partial charge in [-0.25, -0.2) is 9.69 Å². The number of nitrogens with zero attached hydrogens (tertiary/aromatic N) is 3. The van der Waals surface area contributed by atoms with Crippen LogP contribution in [-0.4, -0.2) is 105 Å². The number of aliphatic hydroxyl groups excluding tert-OH is 1. The molecule has 2 N–H and O–H groups in total. The summed E-state index contributed by atoms with van der Waals surface area (Å²) in [6, 6.07) is 38.6. The van der Waals surface area contributed by atoms with E-state index in [1.807, 2.05) is 108 Å². The lowest BCUT2D eigenvalue weighted by Gasteiger charge is -2.46. The standard InChI is InChI=1S/C63H60N4O13/c1-38(40-17-9-6-10-18-40)64-62(74)66-49-29-24-39(16-15-23-47(58(70)77-4)59(71)78-5)34-48(49)63(61(66)73)52(57(69)65-31-30-44-35-50(75-2)51(76-3)36-45(44)37-65)54-60(72)80-55(42-21-13-8-14-22-42)53(41-19-11-7-12-20-41)67(54)56(63)43-25-27-46(28-26-43)79-33-32-68/h6-14,17-22,24-29,34-36,38,47,52-56,68H,23,30-33,37H2,1-5H3,(H,64,74)/t38-,52-,53-,54-,55+,56+,63-/m1/s1. The monoisotopic (exact) mass is 1080 g/mol. The maximum Gasteiger partial charge on any atom is 0.329 e. The average molecular weight is 1080 g/mol. The maximum atomic E-state index is 17.1. The van der Waals surface area contributed by atoms with Gasteiger partial charge in [0.05, 0.1) is 64.8 Å². The van der Waals surface area contributed by atoms with E-state index in [4.69, 9.17) is 28.4 Å². The lowest BCUT2D eigenvalue weighted by Crippen LogP contribution is -2.57. The van der Waals surface area contributed by atoms with Crippen LogP contribution in [0.25, 0.3) is 0 Å². The number of carbonyl (C=O) groups is 6. The van der Waals surface area contributed by atoms with Crippen molar-refractivity contribution in [1.29, 1.82) is 0 Å². The number of fused-ring (bicyclic) bond motifs is 4. The largest absolute Gasteiger partial charge is 0.493 e. The van der Waals surface area contributed by atoms with Crippen LogP contribution in [0.2, 0.25) is 0 Å². The minimum Gasteiger partial charge on any atom is -0.493 e. The van der Waals surface area contributed by atoms with Crippen molar-refractivity contribution in [3.8, 4) is 29.1 Å². The van der Waals surface area contributed by atoms with Gasteiger partial charge in [0.15, 0.2) is 17.4 Å². The fourth-order valence-corrected chi connectivity index (χ4v) is 12.0. The van der Waals surface area contributed by atoms with E-state index in [0.29, 0.717) is 45.9 Å². The summed E-state index contributed by atoms with van der Waals surface area (Å²) >= 11 is 0. The van der Waals surface area contributed by atoms with Crippen molar-refractivity contribution in [2.75, 3.05) is 53.1 Å². The molecule has 0 aromatic heterocycles. The first kappa shape index (κ1) is 54.4. The van der Waals surface area contributed by atoms with Crippen LogP contribution in [0.4, 0.5) is 10.5 Å². The molecule has 4 aliphatic heterocycles. The van der Waals surface area contributed by atoms with Crippen molar-refractivity contribution < 1.29 is 62.3 Å². The van der Waals surface area contributed by atoms with Crippen LogP contribution in [0.1, 0.15) is 82.1 Å². The smallest absolute Gasteiger partial charge is 0.329 e. The second-order valence-corrected chi connectivity index (χ2v) is 20.0. The Balaban J connectivity index is 1.25. The van der Waals surface area contributed by atoms with Crippen molar-refractivity contribution in [3.05, 3.63) is 190 Å². The number of methoxy groups -OCH3 is 4. The summed E-state index contributed by atoms with van der Waals surface area (Å²) in [5.74, 6) is 0.633. The molecule has 2 fully saturated rings. The Hall–Kier alpha value is -8.98. The lowest BCUT2D eigenvalue weighted by atomic mass is 9.64. The van der Waals surface area contributed by atoms with Gasteiger partial charge in [-0.1, -0.05) is 115 Å². The van der Waals surface area contributed by atoms with Gasteiger partial charge in [0, 0.05) is 25.1 Å². The zero-order valence-electron chi connectivity index (χ0n) is 44.8. The molecule has 2 saturated heterocycles. The third-order valence-corrected chi connectivity index (χ3v) is 15.7. The van der Waals surface area contributed by atoms with E-state index in [9.17, 15) is 14.7 Å². The molecule has 0 bridgehead atoms. The van der Waals surface area contributed by atoms with Gasteiger partial charge in [-0.15, -0.1) is 0 Å². The molecule has 7 atom stereocenters. The fraction of sp³-hybridized carbons (Fsp3) is 0.302. The number of carbonyl (C=O) groups excluding carboxylic acids is 6. The molecule has 4 heterocycles. The van der Waals surface area contributed by atoms with Crippen molar-refractivity contribution in [3.63, 3.8) is 0 Å². The molecule has 0 saturated carbocycles. The van der Waals surface area contributed by atoms with Gasteiger partial charge in [0.2, 0.25) is 11.8 Å². The number of anilines is 1. The number of urea groups is 1. The van der Waals surface area contributed by atoms with E-state index < -0.39 is 83.3 Å². The molecular weight excluding hydrogens is 1020 g/mol. The number of rotatable bonds is 14. The predicted molar refractivity (Wildman–Crippen MR) is 292 cm³/mol. The number of amides is 4. The highest BCUT2D eigenvalue weighted by Gasteiger charge is 2.76. The first-order valence-corrected chi connectivity index (χ1v) is 26.3. The third kappa shape index (κ3) is 9.75. The van der Waals surface area contributed by atoms with Crippen LogP contribution in [0.15, 0.2) is 146 Å². The molecule has 80 heavy (non-hydrogen) atoms. The van der Waals surface area contributed by atoms with Crippen molar-refractivity contribution in [1.82, 2.24) is 15.1 Å². The molecule has 6 aromatic carbocycles. The summed E-state index contributed by atoms with van der Waals surface area (Å²) in [6.45, 7) is 1.79. The normalized spacial score (nSPS) is 21.3. The zero-order valence-corrected chi connectivity index (χ0v) is 44.8. The topological polar surface area (TPSA) is 200 Å². The van der Waals surface area contributed by atoms with Gasteiger partial charge >= 0.3 is 23.9 Å². The van der Waals surface area contributed by atoms with Gasteiger partial charge in [-0.3, -0.25) is 28.9 Å². The van der Waals surface area contributed by atoms with Crippen LogP contribution < -0.4 is 24.4 Å². The molecule has 0 radical (unpaired) electrons. The molecule has 410 valence electrons. The average Bonchev–Trinajstić information content (AvgIpc) is 4.09. The van der Waals surface area contributed by atoms with Gasteiger partial charge in [-0.05, 0) is 94.8 Å². The maximum absolute atomic E-state index is 17.1. The quantitative estimate of drug-likeness (QED) is 0.0470. The van der Waals surface area contributed by atoms with Crippen LogP contribution in [-0.2, 0) is 56.6 Å². The van der Waals surface area contributed by atoms with Crippen LogP contribution >= 0.6 is 0 Å². The number of nitrogens with one attached hydrogen (secondary N) is 1. The van der Waals surface area contributed by atoms with Gasteiger partial charge in [0.1, 0.15) is 29.9 Å². The minimum absolute atomic E-state index is 0.00304. The van der Waals surface area contributed by atoms with Crippen molar-refractivity contribution in [2.24, 2.45) is 11.8 Å². The Morgan fingerprint density at radius 1 is 0.750 bits per heavy atom. The second-order valence-electron chi connectivity index (χ2n) is 20.0. The van der Waals surface area contributed by atoms with Crippen LogP contribution in [0.3, 0.4) is 0 Å². The van der Waals surface area contributed by atoms with E-state index in [1.165, 1.54) is 7.11 Å². The summed E-state index contributed by atoms with van der Waals surface area (Å²) in [6.07, 6.45) is -0.894. The fourth-order valence-electron chi connectivity index (χ4n) is 12.0. The molecular formula is C63H60N4O13. The van der Waals surface area contributed by atoms with Crippen molar-refractivity contribution >= 4 is 41.4 Å². The Bertz CT molecular complexity index is 3370. The molecule has 0 unspecified atom stereocenters. The highest BCUT2D eigenvalue weighted by atomic mass is 16.6. The Labute approximate surface area is 463 Å². The first-order valence-electron chi connectivity index (χ1n) is 26.3. The summed E-state index contributed by atoms with van der Waals surface area (Å²) in [5, 5.41) is 12.8. The van der Waals surface area contributed by atoms with Crippen molar-refractivity contribution in [2.45, 2.75) is 62.0 Å². The Morgan fingerprint density at radius 3 is 2.00 bits per heavy atom.